The van der Waals surface area contributed by atoms with Crippen LogP contribution in [0.25, 0.3) is 0 Å². The van der Waals surface area contributed by atoms with Gasteiger partial charge in [-0.2, -0.15) is 18.2 Å². The van der Waals surface area contributed by atoms with Gasteiger partial charge in [0.2, 0.25) is 5.88 Å². The molecule has 0 bridgehead atoms. The molecule has 2 fully saturated rings. The van der Waals surface area contributed by atoms with E-state index in [0.717, 1.165) is 17.8 Å². The molecule has 30 heavy (non-hydrogen) atoms. The van der Waals surface area contributed by atoms with Crippen LogP contribution < -0.4 is 0 Å². The summed E-state index contributed by atoms with van der Waals surface area (Å²) >= 11 is 1.00. The van der Waals surface area contributed by atoms with Crippen LogP contribution in [-0.4, -0.2) is 59.9 Å². The molecule has 1 atom stereocenters. The number of nitrogens with zero attached hydrogens (tertiary/aromatic N) is 3. The number of likely N-dealkylation sites (tertiary alicyclic amines) is 1. The monoisotopic (exact) mass is 447 g/mol. The first-order valence-electron chi connectivity index (χ1n) is 9.39. The Balaban J connectivity index is 1.64. The highest BCUT2D eigenvalue weighted by atomic mass is 32.2. The number of alkyl halides is 3. The predicted molar refractivity (Wildman–Crippen MR) is 102 cm³/mol. The molecule has 1 spiro atoms. The Morgan fingerprint density at radius 1 is 1.40 bits per heavy atom. The van der Waals surface area contributed by atoms with Gasteiger partial charge in [0.1, 0.15) is 4.91 Å². The fraction of sp³-hybridized carbons (Fsp3) is 0.611. The van der Waals surface area contributed by atoms with Crippen molar-refractivity contribution in [2.45, 2.75) is 44.3 Å². The normalized spacial score (nSPS) is 26.6. The van der Waals surface area contributed by atoms with E-state index in [0.29, 0.717) is 37.7 Å². The lowest BCUT2D eigenvalue weighted by atomic mass is 9.98. The molecule has 4 aliphatic rings. The quantitative estimate of drug-likeness (QED) is 0.473. The van der Waals surface area contributed by atoms with E-state index in [1.54, 1.807) is 0 Å². The van der Waals surface area contributed by atoms with Gasteiger partial charge in [0.05, 0.1) is 36.7 Å². The average Bonchev–Trinajstić information content (AvgIpc) is 3.05. The third-order valence-corrected chi connectivity index (χ3v) is 6.57. The highest BCUT2D eigenvalue weighted by molar-refractivity contribution is 8.17. The summed E-state index contributed by atoms with van der Waals surface area (Å²) in [6.45, 7) is 3.55. The third kappa shape index (κ3) is 3.83. The number of piperidine rings is 1. The van der Waals surface area contributed by atoms with Crippen LogP contribution in [0.2, 0.25) is 0 Å². The van der Waals surface area contributed by atoms with Gasteiger partial charge in [-0.25, -0.2) is 0 Å². The van der Waals surface area contributed by atoms with E-state index >= 15 is 0 Å². The number of rotatable bonds is 2. The molecule has 12 heteroatoms. The van der Waals surface area contributed by atoms with E-state index in [-0.39, 0.29) is 22.5 Å². The van der Waals surface area contributed by atoms with Crippen LogP contribution >= 0.6 is 11.8 Å². The maximum absolute atomic E-state index is 13.3. The average molecular weight is 447 g/mol. The number of allylic oxidation sites excluding steroid dienone is 3. The zero-order valence-electron chi connectivity index (χ0n) is 16.3. The Bertz CT molecular complexity index is 888. The summed E-state index contributed by atoms with van der Waals surface area (Å²) in [5.74, 6) is -0.691. The Kier molecular flexibility index (Phi) is 5.35. The van der Waals surface area contributed by atoms with Crippen LogP contribution in [0.3, 0.4) is 0 Å². The molecule has 0 unspecified atom stereocenters. The summed E-state index contributed by atoms with van der Waals surface area (Å²) in [4.78, 5) is 17.2. The molecule has 0 N–H and O–H groups in total. The topological polar surface area (TPSA) is 86.4 Å². The van der Waals surface area contributed by atoms with Gasteiger partial charge in [-0.3, -0.25) is 10.1 Å². The summed E-state index contributed by atoms with van der Waals surface area (Å²) < 4.78 is 56.7. The molecular weight excluding hydrogens is 427 g/mol. The maximum atomic E-state index is 13.3. The van der Waals surface area contributed by atoms with Gasteiger partial charge in [-0.05, 0) is 24.8 Å². The van der Waals surface area contributed by atoms with Crippen molar-refractivity contribution in [1.29, 1.82) is 0 Å². The van der Waals surface area contributed by atoms with Crippen LogP contribution in [0, 0.1) is 10.1 Å². The Labute approximate surface area is 174 Å². The fourth-order valence-electron chi connectivity index (χ4n) is 3.87. The van der Waals surface area contributed by atoms with Gasteiger partial charge >= 0.3 is 6.18 Å². The number of fused-ring (bicyclic) bond motifs is 1. The lowest BCUT2D eigenvalue weighted by Crippen LogP contribution is -2.47. The molecule has 0 saturated carbocycles. The molecule has 0 aromatic carbocycles. The van der Waals surface area contributed by atoms with Crippen LogP contribution in [0.4, 0.5) is 13.2 Å². The van der Waals surface area contributed by atoms with Crippen LogP contribution in [0.1, 0.15) is 26.2 Å². The minimum Gasteiger partial charge on any atom is -0.480 e. The smallest absolute Gasteiger partial charge is 0.413 e. The first kappa shape index (κ1) is 21.2. The van der Waals surface area contributed by atoms with Gasteiger partial charge in [-0.15, -0.1) is 0 Å². The highest BCUT2D eigenvalue weighted by Gasteiger charge is 2.46. The summed E-state index contributed by atoms with van der Waals surface area (Å²) in [5, 5.41) is 12.0. The minimum absolute atomic E-state index is 0.0127. The van der Waals surface area contributed by atoms with Gasteiger partial charge < -0.3 is 19.1 Å². The number of hydrogen-bond acceptors (Lipinski definition) is 8. The van der Waals surface area contributed by atoms with Gasteiger partial charge in [0.15, 0.2) is 11.0 Å². The Morgan fingerprint density at radius 2 is 2.10 bits per heavy atom. The van der Waals surface area contributed by atoms with E-state index in [4.69, 9.17) is 14.2 Å². The zero-order chi connectivity index (χ0) is 21.7. The second-order valence-corrected chi connectivity index (χ2v) is 8.41. The highest BCUT2D eigenvalue weighted by Crippen LogP contribution is 2.46. The lowest BCUT2D eigenvalue weighted by Gasteiger charge is -2.39. The number of hydrogen-bond donors (Lipinski definition) is 0. The molecule has 0 radical (unpaired) electrons. The summed E-state index contributed by atoms with van der Waals surface area (Å²) in [6, 6.07) is 0. The van der Waals surface area contributed by atoms with Gasteiger partial charge in [-0.1, -0.05) is 0 Å². The van der Waals surface area contributed by atoms with Crippen molar-refractivity contribution in [1.82, 2.24) is 4.90 Å². The molecule has 0 aromatic rings. The molecule has 164 valence electrons. The molecule has 3 aliphatic heterocycles. The van der Waals surface area contributed by atoms with Crippen molar-refractivity contribution in [3.05, 3.63) is 43.8 Å². The van der Waals surface area contributed by atoms with Crippen molar-refractivity contribution in [2.75, 3.05) is 26.8 Å². The number of thioether (sulfide) groups is 1. The lowest BCUT2D eigenvalue weighted by molar-refractivity contribution is -0.428. The number of halogens is 3. The third-order valence-electron chi connectivity index (χ3n) is 5.37. The predicted octanol–water partition coefficient (Wildman–Crippen LogP) is 3.56. The van der Waals surface area contributed by atoms with Gasteiger partial charge in [0, 0.05) is 31.5 Å². The first-order valence-corrected chi connectivity index (χ1v) is 10.2. The molecule has 1 aliphatic carbocycles. The molecule has 3 heterocycles. The summed E-state index contributed by atoms with van der Waals surface area (Å²) in [7, 11) is 1.28. The van der Waals surface area contributed by atoms with Crippen molar-refractivity contribution >= 4 is 16.9 Å². The largest absolute Gasteiger partial charge is 0.480 e. The van der Waals surface area contributed by atoms with Crippen molar-refractivity contribution in [2.24, 2.45) is 4.99 Å². The van der Waals surface area contributed by atoms with E-state index in [2.05, 4.69) is 4.99 Å². The number of ether oxygens (including phenoxy) is 3. The summed E-state index contributed by atoms with van der Waals surface area (Å²) in [6.07, 6.45) is -3.37. The Morgan fingerprint density at radius 3 is 2.63 bits per heavy atom. The van der Waals surface area contributed by atoms with Crippen LogP contribution in [-0.2, 0) is 14.2 Å². The SMILES string of the molecule is COC1=C2C=C(C(F)(F)F)CC([N+](=O)[O-])=C2SC(N2CCC3(CC2)OC[C@H](C)O3)=N1. The Hall–Kier alpha value is -2.05. The van der Waals surface area contributed by atoms with E-state index in [9.17, 15) is 23.3 Å². The second kappa shape index (κ2) is 7.57. The maximum Gasteiger partial charge on any atom is 0.413 e. The first-order chi connectivity index (χ1) is 14.1. The van der Waals surface area contributed by atoms with E-state index in [1.807, 2.05) is 11.8 Å². The number of amidine groups is 1. The molecule has 0 amide bonds. The molecule has 8 nitrogen and oxygen atoms in total. The zero-order valence-corrected chi connectivity index (χ0v) is 17.1. The second-order valence-electron chi connectivity index (χ2n) is 7.43. The minimum atomic E-state index is -4.67. The van der Waals surface area contributed by atoms with E-state index < -0.39 is 34.6 Å². The van der Waals surface area contributed by atoms with Crippen molar-refractivity contribution in [3.8, 4) is 0 Å². The molecule has 0 aromatic heterocycles. The fourth-order valence-corrected chi connectivity index (χ4v) is 5.01. The number of nitro groups is 1. The molecule has 4 rings (SSSR count). The summed E-state index contributed by atoms with van der Waals surface area (Å²) in [5.41, 5.74) is -1.51. The number of methoxy groups -OCH3 is 1. The van der Waals surface area contributed by atoms with Crippen molar-refractivity contribution < 1.29 is 32.3 Å². The molecule has 2 saturated heterocycles. The standard InChI is InChI=1S/C18H20F3N3O5S/c1-10-9-28-17(29-10)3-5-23(6-4-17)16-22-15(27-2)12-7-11(18(19,20)21)8-13(24(25)26)14(12)30-16/h7,10H,3-6,8-9H2,1-2H3/t10-/m0/s1. The van der Waals surface area contributed by atoms with Crippen LogP contribution in [0.15, 0.2) is 38.7 Å². The molecular formula is C18H20F3N3O5S. The number of aliphatic imine (C=N–C) groups is 1. The van der Waals surface area contributed by atoms with Gasteiger partial charge in [0.25, 0.3) is 5.70 Å². The van der Waals surface area contributed by atoms with E-state index in [1.165, 1.54) is 7.11 Å². The van der Waals surface area contributed by atoms with Crippen LogP contribution in [0.5, 0.6) is 0 Å². The van der Waals surface area contributed by atoms with Crippen molar-refractivity contribution in [3.63, 3.8) is 0 Å².